The van der Waals surface area contributed by atoms with Crippen molar-refractivity contribution in [3.05, 3.63) is 29.8 Å². The van der Waals surface area contributed by atoms with Crippen LogP contribution in [-0.2, 0) is 26.0 Å². The molecule has 1 aromatic rings. The third kappa shape index (κ3) is 7.14. The van der Waals surface area contributed by atoms with Crippen molar-refractivity contribution in [2.24, 2.45) is 5.92 Å². The van der Waals surface area contributed by atoms with Gasteiger partial charge in [0, 0.05) is 45.3 Å². The van der Waals surface area contributed by atoms with E-state index < -0.39 is 10.0 Å². The van der Waals surface area contributed by atoms with E-state index in [1.54, 1.807) is 24.3 Å². The smallest absolute Gasteiger partial charge is 0.315 e. The summed E-state index contributed by atoms with van der Waals surface area (Å²) in [6.07, 6.45) is 1.01. The van der Waals surface area contributed by atoms with E-state index in [0.29, 0.717) is 45.3 Å². The lowest BCUT2D eigenvalue weighted by Gasteiger charge is -2.35. The van der Waals surface area contributed by atoms with E-state index in [1.807, 2.05) is 0 Å². The Bertz CT molecular complexity index is 819. The SMILES string of the molecule is CC(C)C[C@@H](CNC(=O)NCc1ccc(S(=O)(=O)N2CCOCC2)cc1)N1CCOCC1. The van der Waals surface area contributed by atoms with E-state index in [9.17, 15) is 13.2 Å². The number of carbonyl (C=O) groups excluding carboxylic acids is 1. The molecule has 0 saturated carbocycles. The number of hydrogen-bond acceptors (Lipinski definition) is 6. The molecule has 1 aromatic carbocycles. The Kier molecular flexibility index (Phi) is 9.30. The van der Waals surface area contributed by atoms with E-state index >= 15 is 0 Å². The predicted octanol–water partition coefficient (Wildman–Crippen LogP) is 1.25. The zero-order valence-electron chi connectivity index (χ0n) is 19.1. The largest absolute Gasteiger partial charge is 0.379 e. The van der Waals surface area contributed by atoms with Gasteiger partial charge in [-0.1, -0.05) is 26.0 Å². The Labute approximate surface area is 191 Å². The van der Waals surface area contributed by atoms with Gasteiger partial charge in [0.25, 0.3) is 0 Å². The van der Waals surface area contributed by atoms with Crippen molar-refractivity contribution in [3.8, 4) is 0 Å². The van der Waals surface area contributed by atoms with Crippen LogP contribution < -0.4 is 10.6 Å². The molecule has 180 valence electrons. The molecule has 0 aromatic heterocycles. The van der Waals surface area contributed by atoms with Gasteiger partial charge in [-0.2, -0.15) is 4.31 Å². The summed E-state index contributed by atoms with van der Waals surface area (Å²) < 4.78 is 37.5. The van der Waals surface area contributed by atoms with E-state index in [4.69, 9.17) is 9.47 Å². The average Bonchev–Trinajstić information content (AvgIpc) is 2.81. The van der Waals surface area contributed by atoms with Crippen LogP contribution in [0.3, 0.4) is 0 Å². The van der Waals surface area contributed by atoms with Crippen molar-refractivity contribution >= 4 is 16.1 Å². The van der Waals surface area contributed by atoms with Crippen LogP contribution in [0.4, 0.5) is 4.79 Å². The first kappa shape index (κ1) is 24.9. The Hall–Kier alpha value is -1.72. The number of nitrogens with zero attached hydrogens (tertiary/aromatic N) is 2. The Morgan fingerprint density at radius 3 is 2.16 bits per heavy atom. The van der Waals surface area contributed by atoms with Gasteiger partial charge in [0.05, 0.1) is 31.3 Å². The first-order chi connectivity index (χ1) is 15.4. The Balaban J connectivity index is 1.47. The van der Waals surface area contributed by atoms with Gasteiger partial charge in [-0.05, 0) is 30.0 Å². The lowest BCUT2D eigenvalue weighted by molar-refractivity contribution is 0.0129. The molecule has 2 N–H and O–H groups in total. The molecule has 2 heterocycles. The molecular weight excluding hydrogens is 432 g/mol. The summed E-state index contributed by atoms with van der Waals surface area (Å²) >= 11 is 0. The molecule has 32 heavy (non-hydrogen) atoms. The molecule has 0 radical (unpaired) electrons. The van der Waals surface area contributed by atoms with E-state index in [-0.39, 0.29) is 17.0 Å². The molecule has 2 amide bonds. The minimum Gasteiger partial charge on any atom is -0.379 e. The van der Waals surface area contributed by atoms with Crippen LogP contribution in [0.5, 0.6) is 0 Å². The molecule has 2 fully saturated rings. The monoisotopic (exact) mass is 468 g/mol. The number of morpholine rings is 2. The van der Waals surface area contributed by atoms with Crippen LogP contribution >= 0.6 is 0 Å². The van der Waals surface area contributed by atoms with Crippen molar-refractivity contribution in [1.82, 2.24) is 19.8 Å². The van der Waals surface area contributed by atoms with Crippen molar-refractivity contribution < 1.29 is 22.7 Å². The second-order valence-electron chi connectivity index (χ2n) is 8.66. The molecule has 3 rings (SSSR count). The van der Waals surface area contributed by atoms with Crippen LogP contribution in [0.15, 0.2) is 29.2 Å². The number of sulfonamides is 1. The minimum absolute atomic E-state index is 0.225. The van der Waals surface area contributed by atoms with Gasteiger partial charge in [0.15, 0.2) is 0 Å². The molecular formula is C22H36N4O5S. The van der Waals surface area contributed by atoms with Crippen LogP contribution in [0.25, 0.3) is 0 Å². The first-order valence-corrected chi connectivity index (χ1v) is 12.8. The molecule has 0 aliphatic carbocycles. The van der Waals surface area contributed by atoms with Gasteiger partial charge in [-0.15, -0.1) is 0 Å². The minimum atomic E-state index is -3.51. The van der Waals surface area contributed by atoms with Gasteiger partial charge in [0.2, 0.25) is 10.0 Å². The number of urea groups is 1. The lowest BCUT2D eigenvalue weighted by atomic mass is 10.0. The highest BCUT2D eigenvalue weighted by atomic mass is 32.2. The topological polar surface area (TPSA) is 100 Å². The third-order valence-electron chi connectivity index (χ3n) is 5.79. The van der Waals surface area contributed by atoms with E-state index in [1.165, 1.54) is 4.31 Å². The van der Waals surface area contributed by atoms with Gasteiger partial charge >= 0.3 is 6.03 Å². The van der Waals surface area contributed by atoms with Gasteiger partial charge in [-0.25, -0.2) is 13.2 Å². The predicted molar refractivity (Wildman–Crippen MR) is 122 cm³/mol. The van der Waals surface area contributed by atoms with Crippen molar-refractivity contribution in [2.45, 2.75) is 37.8 Å². The summed E-state index contributed by atoms with van der Waals surface area (Å²) in [6.45, 7) is 10.1. The fourth-order valence-corrected chi connectivity index (χ4v) is 5.43. The summed E-state index contributed by atoms with van der Waals surface area (Å²) in [7, 11) is -3.51. The maximum atomic E-state index is 12.7. The van der Waals surface area contributed by atoms with Crippen LogP contribution in [0, 0.1) is 5.92 Å². The van der Waals surface area contributed by atoms with Crippen molar-refractivity contribution in [2.75, 3.05) is 59.2 Å². The number of rotatable bonds is 9. The molecule has 10 heteroatoms. The zero-order chi connectivity index (χ0) is 23.0. The maximum Gasteiger partial charge on any atom is 0.315 e. The highest BCUT2D eigenvalue weighted by molar-refractivity contribution is 7.89. The van der Waals surface area contributed by atoms with E-state index in [0.717, 1.165) is 38.3 Å². The summed E-state index contributed by atoms with van der Waals surface area (Å²) in [5, 5.41) is 5.85. The molecule has 0 bridgehead atoms. The lowest BCUT2D eigenvalue weighted by Crippen LogP contribution is -2.50. The third-order valence-corrected chi connectivity index (χ3v) is 7.70. The summed E-state index contributed by atoms with van der Waals surface area (Å²) in [5.74, 6) is 0.542. The van der Waals surface area contributed by atoms with E-state index in [2.05, 4.69) is 29.4 Å². The molecule has 0 spiro atoms. The highest BCUT2D eigenvalue weighted by Gasteiger charge is 2.26. The molecule has 2 saturated heterocycles. The quantitative estimate of drug-likeness (QED) is 0.566. The molecule has 2 aliphatic rings. The fourth-order valence-electron chi connectivity index (χ4n) is 4.02. The number of amides is 2. The first-order valence-electron chi connectivity index (χ1n) is 11.4. The van der Waals surface area contributed by atoms with Crippen LogP contribution in [0.1, 0.15) is 25.8 Å². The number of nitrogens with one attached hydrogen (secondary N) is 2. The van der Waals surface area contributed by atoms with Gasteiger partial charge in [0.1, 0.15) is 0 Å². The molecule has 2 aliphatic heterocycles. The average molecular weight is 469 g/mol. The van der Waals surface area contributed by atoms with Crippen LogP contribution in [-0.4, -0.2) is 88.8 Å². The maximum absolute atomic E-state index is 12.7. The second-order valence-corrected chi connectivity index (χ2v) is 10.6. The standard InChI is InChI=1S/C22H36N4O5S/c1-18(2)15-20(25-7-11-30-12-8-25)17-24-22(27)23-16-19-3-5-21(6-4-19)32(28,29)26-9-13-31-14-10-26/h3-6,18,20H,7-17H2,1-2H3,(H2,23,24,27)/t20-/m0/s1. The molecule has 0 unspecified atom stereocenters. The summed E-state index contributed by atoms with van der Waals surface area (Å²) in [5.41, 5.74) is 0.841. The Morgan fingerprint density at radius 1 is 0.969 bits per heavy atom. The molecule has 9 nitrogen and oxygen atoms in total. The number of benzene rings is 1. The van der Waals surface area contributed by atoms with Crippen molar-refractivity contribution in [3.63, 3.8) is 0 Å². The van der Waals surface area contributed by atoms with Crippen LogP contribution in [0.2, 0.25) is 0 Å². The molecule has 1 atom stereocenters. The fraction of sp³-hybridized carbons (Fsp3) is 0.682. The summed E-state index contributed by atoms with van der Waals surface area (Å²) in [6, 6.07) is 6.73. The normalized spacial score (nSPS) is 19.6. The van der Waals surface area contributed by atoms with Gasteiger partial charge < -0.3 is 20.1 Å². The number of carbonyl (C=O) groups is 1. The zero-order valence-corrected chi connectivity index (χ0v) is 19.9. The van der Waals surface area contributed by atoms with Crippen molar-refractivity contribution in [1.29, 1.82) is 0 Å². The van der Waals surface area contributed by atoms with Gasteiger partial charge in [-0.3, -0.25) is 4.90 Å². The number of ether oxygens (including phenoxy) is 2. The summed E-state index contributed by atoms with van der Waals surface area (Å²) in [4.78, 5) is 15.0. The second kappa shape index (κ2) is 11.9. The Morgan fingerprint density at radius 2 is 1.56 bits per heavy atom. The highest BCUT2D eigenvalue weighted by Crippen LogP contribution is 2.18. The number of hydrogen-bond donors (Lipinski definition) is 2.